The summed E-state index contributed by atoms with van der Waals surface area (Å²) in [6.45, 7) is 2.77. The maximum Gasteiger partial charge on any atom is 0.228 e. The molecule has 26 heavy (non-hydrogen) atoms. The Morgan fingerprint density at radius 3 is 2.62 bits per heavy atom. The summed E-state index contributed by atoms with van der Waals surface area (Å²) in [5.74, 6) is 0.192. The standard InChI is InChI=1S/C23H24N2O/c26-23(24-21-12-2-1-3-13-21)20-11-7-15-25(17-20)16-19-10-6-9-18-8-4-5-14-22(18)19/h1-6,8-10,12-14,20H,7,11,15-17H2,(H,24,26). The lowest BCUT2D eigenvalue weighted by Gasteiger charge is -2.32. The monoisotopic (exact) mass is 344 g/mol. The van der Waals surface area contributed by atoms with Crippen molar-refractivity contribution in [2.45, 2.75) is 19.4 Å². The molecule has 0 spiro atoms. The Hall–Kier alpha value is -2.65. The highest BCUT2D eigenvalue weighted by molar-refractivity contribution is 5.92. The summed E-state index contributed by atoms with van der Waals surface area (Å²) in [5, 5.41) is 5.65. The van der Waals surface area contributed by atoms with Crippen LogP contribution in [0.1, 0.15) is 18.4 Å². The molecule has 1 unspecified atom stereocenters. The summed E-state index contributed by atoms with van der Waals surface area (Å²) in [7, 11) is 0. The Balaban J connectivity index is 1.44. The fraction of sp³-hybridized carbons (Fsp3) is 0.261. The first-order chi connectivity index (χ1) is 12.8. The van der Waals surface area contributed by atoms with E-state index in [9.17, 15) is 4.79 Å². The molecule has 3 aromatic rings. The topological polar surface area (TPSA) is 32.3 Å². The molecule has 0 radical (unpaired) electrons. The number of rotatable bonds is 4. The van der Waals surface area contributed by atoms with Gasteiger partial charge >= 0.3 is 0 Å². The summed E-state index contributed by atoms with van der Waals surface area (Å²) in [6, 6.07) is 24.7. The van der Waals surface area contributed by atoms with Crippen molar-refractivity contribution in [2.75, 3.05) is 18.4 Å². The number of carbonyl (C=O) groups excluding carboxylic acids is 1. The van der Waals surface area contributed by atoms with Gasteiger partial charge < -0.3 is 5.32 Å². The molecule has 1 atom stereocenters. The van der Waals surface area contributed by atoms with Gasteiger partial charge in [0, 0.05) is 18.8 Å². The van der Waals surface area contributed by atoms with Crippen LogP contribution in [0.4, 0.5) is 5.69 Å². The number of fused-ring (bicyclic) bond motifs is 1. The number of benzene rings is 3. The van der Waals surface area contributed by atoms with Gasteiger partial charge in [0.05, 0.1) is 5.92 Å². The van der Waals surface area contributed by atoms with Crippen LogP contribution in [0.2, 0.25) is 0 Å². The first-order valence-corrected chi connectivity index (χ1v) is 9.34. The number of hydrogen-bond acceptors (Lipinski definition) is 2. The minimum absolute atomic E-state index is 0.0546. The number of nitrogens with one attached hydrogen (secondary N) is 1. The Kier molecular flexibility index (Phi) is 4.98. The molecule has 0 aromatic heterocycles. The Labute approximate surface area is 154 Å². The Morgan fingerprint density at radius 2 is 1.73 bits per heavy atom. The molecule has 4 rings (SSSR count). The fourth-order valence-corrected chi connectivity index (χ4v) is 3.85. The van der Waals surface area contributed by atoms with Gasteiger partial charge in [-0.15, -0.1) is 0 Å². The third kappa shape index (κ3) is 3.78. The third-order valence-electron chi connectivity index (χ3n) is 5.19. The number of amides is 1. The van der Waals surface area contributed by atoms with E-state index in [2.05, 4.69) is 52.7 Å². The second-order valence-corrected chi connectivity index (χ2v) is 7.07. The van der Waals surface area contributed by atoms with Crippen LogP contribution in [0.5, 0.6) is 0 Å². The van der Waals surface area contributed by atoms with Gasteiger partial charge in [0.25, 0.3) is 0 Å². The number of hydrogen-bond donors (Lipinski definition) is 1. The Bertz CT molecular complexity index is 886. The molecule has 132 valence electrons. The van der Waals surface area contributed by atoms with Crippen molar-refractivity contribution >= 4 is 22.4 Å². The van der Waals surface area contributed by atoms with Gasteiger partial charge in [-0.25, -0.2) is 0 Å². The SMILES string of the molecule is O=C(Nc1ccccc1)C1CCCN(Cc2cccc3ccccc23)C1. The predicted molar refractivity (Wildman–Crippen MR) is 107 cm³/mol. The third-order valence-corrected chi connectivity index (χ3v) is 5.19. The molecule has 3 nitrogen and oxygen atoms in total. The number of nitrogens with zero attached hydrogens (tertiary/aromatic N) is 1. The highest BCUT2D eigenvalue weighted by Gasteiger charge is 2.26. The number of carbonyl (C=O) groups is 1. The van der Waals surface area contributed by atoms with E-state index in [1.165, 1.54) is 16.3 Å². The molecule has 0 saturated carbocycles. The molecule has 1 saturated heterocycles. The first-order valence-electron chi connectivity index (χ1n) is 9.34. The minimum Gasteiger partial charge on any atom is -0.326 e. The van der Waals surface area contributed by atoms with Gasteiger partial charge in [-0.1, -0.05) is 60.7 Å². The molecule has 1 aliphatic heterocycles. The van der Waals surface area contributed by atoms with E-state index < -0.39 is 0 Å². The second kappa shape index (κ2) is 7.71. The van der Waals surface area contributed by atoms with E-state index in [4.69, 9.17) is 0 Å². The van der Waals surface area contributed by atoms with Crippen molar-refractivity contribution in [2.24, 2.45) is 5.92 Å². The van der Waals surface area contributed by atoms with Gasteiger partial charge in [0.2, 0.25) is 5.91 Å². The maximum absolute atomic E-state index is 12.6. The van der Waals surface area contributed by atoms with Crippen LogP contribution in [-0.4, -0.2) is 23.9 Å². The van der Waals surface area contributed by atoms with E-state index in [-0.39, 0.29) is 11.8 Å². The zero-order valence-electron chi connectivity index (χ0n) is 14.9. The quantitative estimate of drug-likeness (QED) is 0.744. The number of piperidine rings is 1. The van der Waals surface area contributed by atoms with Crippen LogP contribution in [0.15, 0.2) is 72.8 Å². The summed E-state index contributed by atoms with van der Waals surface area (Å²) in [5.41, 5.74) is 2.22. The molecule has 3 aromatic carbocycles. The fourth-order valence-electron chi connectivity index (χ4n) is 3.85. The summed E-state index contributed by atoms with van der Waals surface area (Å²) >= 11 is 0. The molecular formula is C23H24N2O. The highest BCUT2D eigenvalue weighted by Crippen LogP contribution is 2.24. The van der Waals surface area contributed by atoms with Crippen molar-refractivity contribution in [3.05, 3.63) is 78.4 Å². The molecule has 1 aliphatic rings. The van der Waals surface area contributed by atoms with Crippen LogP contribution in [0, 0.1) is 5.92 Å². The first kappa shape index (κ1) is 16.8. The van der Waals surface area contributed by atoms with Crippen molar-refractivity contribution in [1.82, 2.24) is 4.90 Å². The van der Waals surface area contributed by atoms with Gasteiger partial charge in [0.15, 0.2) is 0 Å². The van der Waals surface area contributed by atoms with Crippen LogP contribution in [-0.2, 0) is 11.3 Å². The molecule has 1 fully saturated rings. The van der Waals surface area contributed by atoms with Gasteiger partial charge in [0.1, 0.15) is 0 Å². The Morgan fingerprint density at radius 1 is 0.962 bits per heavy atom. The van der Waals surface area contributed by atoms with Crippen molar-refractivity contribution in [3.8, 4) is 0 Å². The van der Waals surface area contributed by atoms with E-state index in [1.807, 2.05) is 30.3 Å². The van der Waals surface area contributed by atoms with Gasteiger partial charge in [-0.05, 0) is 47.9 Å². The summed E-state index contributed by atoms with van der Waals surface area (Å²) in [6.07, 6.45) is 2.03. The van der Waals surface area contributed by atoms with Crippen molar-refractivity contribution in [3.63, 3.8) is 0 Å². The van der Waals surface area contributed by atoms with Crippen molar-refractivity contribution < 1.29 is 4.79 Å². The second-order valence-electron chi connectivity index (χ2n) is 7.07. The molecule has 1 heterocycles. The lowest BCUT2D eigenvalue weighted by molar-refractivity contribution is -0.121. The van der Waals surface area contributed by atoms with Crippen molar-refractivity contribution in [1.29, 1.82) is 0 Å². The zero-order chi connectivity index (χ0) is 17.8. The number of anilines is 1. The van der Waals surface area contributed by atoms with Crippen LogP contribution in [0.3, 0.4) is 0 Å². The molecule has 0 bridgehead atoms. The molecular weight excluding hydrogens is 320 g/mol. The van der Waals surface area contributed by atoms with Gasteiger partial charge in [-0.3, -0.25) is 9.69 Å². The van der Waals surface area contributed by atoms with Gasteiger partial charge in [-0.2, -0.15) is 0 Å². The van der Waals surface area contributed by atoms with E-state index in [0.717, 1.165) is 38.2 Å². The largest absolute Gasteiger partial charge is 0.326 e. The average Bonchev–Trinajstić information content (AvgIpc) is 2.69. The van der Waals surface area contributed by atoms with E-state index in [0.29, 0.717) is 0 Å². The van der Waals surface area contributed by atoms with Crippen LogP contribution < -0.4 is 5.32 Å². The van der Waals surface area contributed by atoms with E-state index in [1.54, 1.807) is 0 Å². The molecule has 1 amide bonds. The van der Waals surface area contributed by atoms with Crippen LogP contribution >= 0.6 is 0 Å². The molecule has 3 heteroatoms. The maximum atomic E-state index is 12.6. The predicted octanol–water partition coefficient (Wildman–Crippen LogP) is 4.69. The lowest BCUT2D eigenvalue weighted by Crippen LogP contribution is -2.40. The summed E-state index contributed by atoms with van der Waals surface area (Å²) in [4.78, 5) is 15.1. The number of para-hydroxylation sites is 1. The highest BCUT2D eigenvalue weighted by atomic mass is 16.1. The molecule has 0 aliphatic carbocycles. The lowest BCUT2D eigenvalue weighted by atomic mass is 9.96. The number of likely N-dealkylation sites (tertiary alicyclic amines) is 1. The molecule has 1 N–H and O–H groups in total. The van der Waals surface area contributed by atoms with E-state index >= 15 is 0 Å². The average molecular weight is 344 g/mol. The summed E-state index contributed by atoms with van der Waals surface area (Å²) < 4.78 is 0. The minimum atomic E-state index is 0.0546. The zero-order valence-corrected chi connectivity index (χ0v) is 14.9. The normalized spacial score (nSPS) is 17.9. The smallest absolute Gasteiger partial charge is 0.228 e. The van der Waals surface area contributed by atoms with Crippen LogP contribution in [0.25, 0.3) is 10.8 Å².